The Kier molecular flexibility index (Phi) is 11.8. The lowest BCUT2D eigenvalue weighted by Crippen LogP contribution is -2.49. The molecule has 7 N–H and O–H groups in total. The van der Waals surface area contributed by atoms with E-state index in [4.69, 9.17) is 24.7 Å². The van der Waals surface area contributed by atoms with E-state index < -0.39 is 12.0 Å². The Balaban J connectivity index is 1.16. The Hall–Kier alpha value is -4.71. The normalized spacial score (nSPS) is 30.1. The molecule has 66 heavy (non-hydrogen) atoms. The molecule has 11 rings (SSSR count). The van der Waals surface area contributed by atoms with Gasteiger partial charge in [-0.3, -0.25) is 4.79 Å². The van der Waals surface area contributed by atoms with Crippen molar-refractivity contribution < 1.29 is 34.0 Å². The summed E-state index contributed by atoms with van der Waals surface area (Å²) >= 11 is 0. The number of methoxy groups -OCH3 is 1. The number of phenols is 2. The second-order valence-electron chi connectivity index (χ2n) is 19.7. The number of allylic oxidation sites excluding steroid dienone is 3. The molecule has 1 spiro atoms. The maximum absolute atomic E-state index is 12.8. The molecule has 2 saturated carbocycles. The van der Waals surface area contributed by atoms with E-state index in [9.17, 15) is 15.0 Å². The third-order valence-corrected chi connectivity index (χ3v) is 18.1. The molecule has 6 bridgehead atoms. The number of hydrogen-bond donors (Lipinski definition) is 6. The topological polar surface area (TPSA) is 157 Å². The summed E-state index contributed by atoms with van der Waals surface area (Å²) in [5.41, 5.74) is 16.5. The molecule has 3 aromatic rings. The van der Waals surface area contributed by atoms with Crippen molar-refractivity contribution in [2.75, 3.05) is 32.3 Å². The van der Waals surface area contributed by atoms with E-state index in [-0.39, 0.29) is 47.8 Å². The van der Waals surface area contributed by atoms with Crippen LogP contribution in [0.5, 0.6) is 28.7 Å². The minimum Gasteiger partial charge on any atom is -0.508 e. The molecule has 9 unspecified atom stereocenters. The molecule has 5 heterocycles. The number of ether oxygens (including phenoxy) is 4. The van der Waals surface area contributed by atoms with Gasteiger partial charge in [-0.1, -0.05) is 64.3 Å². The van der Waals surface area contributed by atoms with Crippen molar-refractivity contribution in [2.45, 2.75) is 119 Å². The number of carbonyl (C=O) groups excluding carboxylic acids is 1. The van der Waals surface area contributed by atoms with Gasteiger partial charge in [0.25, 0.3) is 0 Å². The summed E-state index contributed by atoms with van der Waals surface area (Å²) in [4.78, 5) is 12.8. The number of carbonyl (C=O) groups is 1. The van der Waals surface area contributed by atoms with E-state index >= 15 is 0 Å². The zero-order chi connectivity index (χ0) is 45.3. The SMILES string of the molecule is CNCc1c(O)c2c(c3c1CC#CC1=C(C=CC(N)N1)CC1CCC4(Cc5cc(O)cc(OC)c5-c5ccc6c(c54)OC3C6COC(C)=O)C1)C=CC1NC3CCCC(CSSCC1O2)C3. The predicted molar refractivity (Wildman–Crippen MR) is 261 cm³/mol. The van der Waals surface area contributed by atoms with E-state index in [2.05, 4.69) is 58.2 Å². The largest absolute Gasteiger partial charge is 0.508 e. The third-order valence-electron chi connectivity index (χ3n) is 15.5. The fourth-order valence-corrected chi connectivity index (χ4v) is 15.4. The Morgan fingerprint density at radius 3 is 2.80 bits per heavy atom. The van der Waals surface area contributed by atoms with Crippen molar-refractivity contribution in [3.05, 3.63) is 92.7 Å². The number of dihydropyridines is 1. The van der Waals surface area contributed by atoms with Crippen molar-refractivity contribution in [2.24, 2.45) is 17.6 Å². The highest BCUT2D eigenvalue weighted by molar-refractivity contribution is 8.76. The van der Waals surface area contributed by atoms with Crippen LogP contribution in [0.1, 0.15) is 109 Å². The van der Waals surface area contributed by atoms with Crippen molar-refractivity contribution >= 4 is 33.6 Å². The zero-order valence-electron chi connectivity index (χ0n) is 38.0. The van der Waals surface area contributed by atoms with Gasteiger partial charge in [-0.05, 0) is 111 Å². The number of nitrogens with two attached hydrogens (primary N) is 1. The second kappa shape index (κ2) is 17.7. The van der Waals surface area contributed by atoms with E-state index in [1.807, 2.05) is 40.8 Å². The van der Waals surface area contributed by atoms with Crippen molar-refractivity contribution in [3.8, 4) is 51.7 Å². The highest BCUT2D eigenvalue weighted by Gasteiger charge is 2.51. The van der Waals surface area contributed by atoms with Gasteiger partial charge >= 0.3 is 5.97 Å². The first-order chi connectivity index (χ1) is 32.1. The molecular weight excluding hydrogens is 869 g/mol. The minimum absolute atomic E-state index is 0.0904. The number of rotatable bonds is 5. The fourth-order valence-electron chi connectivity index (χ4n) is 12.7. The molecule has 3 aliphatic carbocycles. The Labute approximate surface area is 395 Å². The first-order valence-corrected chi connectivity index (χ1v) is 26.3. The second-order valence-corrected chi connectivity index (χ2v) is 22.3. The smallest absolute Gasteiger partial charge is 0.302 e. The molecule has 0 amide bonds. The lowest BCUT2D eigenvalue weighted by molar-refractivity contribution is -0.141. The van der Waals surface area contributed by atoms with Gasteiger partial charge in [0.05, 0.1) is 30.9 Å². The summed E-state index contributed by atoms with van der Waals surface area (Å²) in [7, 11) is 7.34. The first kappa shape index (κ1) is 43.8. The van der Waals surface area contributed by atoms with Crippen molar-refractivity contribution in [1.82, 2.24) is 16.0 Å². The van der Waals surface area contributed by atoms with E-state index in [1.165, 1.54) is 19.8 Å². The molecule has 8 aliphatic rings. The number of fused-ring (bicyclic) bond motifs is 11. The Morgan fingerprint density at radius 2 is 1.95 bits per heavy atom. The quantitative estimate of drug-likeness (QED) is 0.0828. The number of phenolic OH excluding ortho intramolecular Hbond substituents is 2. The van der Waals surface area contributed by atoms with Gasteiger partial charge in [-0.25, -0.2) is 0 Å². The van der Waals surface area contributed by atoms with Gasteiger partial charge in [0, 0.05) is 82.3 Å². The number of esters is 1. The summed E-state index contributed by atoms with van der Waals surface area (Å²) in [5, 5.41) is 34.5. The van der Waals surface area contributed by atoms with Crippen LogP contribution < -0.4 is 35.9 Å². The molecule has 13 heteroatoms. The summed E-state index contributed by atoms with van der Waals surface area (Å²) in [6.07, 6.45) is 16.7. The average molecular weight is 929 g/mol. The van der Waals surface area contributed by atoms with Crippen LogP contribution in [0.15, 0.2) is 53.8 Å². The average Bonchev–Trinajstić information content (AvgIpc) is 3.81. The molecule has 3 aromatic carbocycles. The number of aromatic hydroxyl groups is 2. The van der Waals surface area contributed by atoms with E-state index in [0.717, 1.165) is 112 Å². The molecule has 346 valence electrons. The first-order valence-electron chi connectivity index (χ1n) is 23.8. The van der Waals surface area contributed by atoms with Gasteiger partial charge in [-0.2, -0.15) is 0 Å². The zero-order valence-corrected chi connectivity index (χ0v) is 39.6. The third kappa shape index (κ3) is 7.74. The molecule has 11 nitrogen and oxygen atoms in total. The minimum atomic E-state index is -0.642. The van der Waals surface area contributed by atoms with Crippen LogP contribution in [0.3, 0.4) is 0 Å². The predicted octanol–water partition coefficient (Wildman–Crippen LogP) is 8.20. The summed E-state index contributed by atoms with van der Waals surface area (Å²) in [6, 6.07) is 8.24. The molecule has 1 saturated heterocycles. The molecule has 3 fully saturated rings. The van der Waals surface area contributed by atoms with Gasteiger partial charge in [-0.15, -0.1) is 0 Å². The monoisotopic (exact) mass is 928 g/mol. The standard InChI is InChI=1S/C53H60N4O7S2/c1-28(58)62-25-40-36-11-12-37-46-32(20-34(59)21-43(46)61-3)23-53-17-16-29(22-53)18-31-10-15-45(54)57-41(31)9-5-8-35-39(24-55-2)49(60)52-38(47(35)50(40)64-51(36)48(37)53)13-14-42-44(63-52)27-66-65-26-30-6-4-7-33(19-30)56-42/h10-15,20-21,29-30,33,40,42,44-45,50,55-57,59-60H,4,6-8,16-19,22-27,54H2,1-3H3. The van der Waals surface area contributed by atoms with Crippen molar-refractivity contribution in [3.63, 3.8) is 0 Å². The summed E-state index contributed by atoms with van der Waals surface area (Å²) in [6.45, 7) is 1.90. The molecule has 9 atom stereocenters. The maximum atomic E-state index is 12.8. The summed E-state index contributed by atoms with van der Waals surface area (Å²) in [5.74, 6) is 11.4. The van der Waals surface area contributed by atoms with Crippen LogP contribution in [-0.4, -0.2) is 72.8 Å². The maximum Gasteiger partial charge on any atom is 0.302 e. The van der Waals surface area contributed by atoms with Gasteiger partial charge in [0.15, 0.2) is 11.5 Å². The number of hydrogen-bond acceptors (Lipinski definition) is 13. The van der Waals surface area contributed by atoms with Gasteiger partial charge in [0.1, 0.15) is 36.1 Å². The molecule has 0 aromatic heterocycles. The Bertz CT molecular complexity index is 2630. The van der Waals surface area contributed by atoms with Crippen molar-refractivity contribution in [1.29, 1.82) is 0 Å². The summed E-state index contributed by atoms with van der Waals surface area (Å²) < 4.78 is 26.9. The number of nitrogens with one attached hydrogen (secondary N) is 3. The lowest BCUT2D eigenvalue weighted by atomic mass is 9.65. The van der Waals surface area contributed by atoms with Gasteiger partial charge < -0.3 is 50.8 Å². The number of benzene rings is 3. The fraction of sp³-hybridized carbons (Fsp3) is 0.491. The van der Waals surface area contributed by atoms with Crippen LogP contribution in [0, 0.1) is 23.7 Å². The van der Waals surface area contributed by atoms with E-state index in [1.54, 1.807) is 13.2 Å². The lowest BCUT2D eigenvalue weighted by Gasteiger charge is -2.39. The van der Waals surface area contributed by atoms with E-state index in [0.29, 0.717) is 54.3 Å². The molecular formula is C53H60N4O7S2. The highest BCUT2D eigenvalue weighted by atomic mass is 33.1. The Morgan fingerprint density at radius 1 is 1.08 bits per heavy atom. The van der Waals surface area contributed by atoms with Crippen LogP contribution in [-0.2, 0) is 34.3 Å². The highest BCUT2D eigenvalue weighted by Crippen LogP contribution is 2.63. The molecule has 5 aliphatic heterocycles. The van der Waals surface area contributed by atoms with Crippen LogP contribution in [0.4, 0.5) is 0 Å². The van der Waals surface area contributed by atoms with Gasteiger partial charge in [0.2, 0.25) is 0 Å². The van der Waals surface area contributed by atoms with Crippen LogP contribution >= 0.6 is 21.6 Å². The van der Waals surface area contributed by atoms with Crippen LogP contribution in [0.2, 0.25) is 0 Å². The van der Waals surface area contributed by atoms with Crippen LogP contribution in [0.25, 0.3) is 17.2 Å². The molecule has 0 radical (unpaired) electrons.